The van der Waals surface area contributed by atoms with Gasteiger partial charge in [0.2, 0.25) is 0 Å². The average molecular weight is 259 g/mol. The molecule has 0 unspecified atom stereocenters. The van der Waals surface area contributed by atoms with E-state index in [1.165, 1.54) is 16.8 Å². The second-order valence-electron chi connectivity index (χ2n) is 4.08. The van der Waals surface area contributed by atoms with Gasteiger partial charge in [0.1, 0.15) is 0 Å². The Labute approximate surface area is 109 Å². The number of carboxylic acids is 1. The van der Waals surface area contributed by atoms with Gasteiger partial charge in [-0.15, -0.1) is 0 Å². The maximum atomic E-state index is 11.8. The van der Waals surface area contributed by atoms with Crippen molar-refractivity contribution in [2.45, 2.75) is 12.1 Å². The molecule has 1 aromatic carbocycles. The van der Waals surface area contributed by atoms with Gasteiger partial charge in [-0.05, 0) is 11.6 Å². The van der Waals surface area contributed by atoms with Crippen molar-refractivity contribution in [3.63, 3.8) is 0 Å². The third-order valence-electron chi connectivity index (χ3n) is 2.84. The summed E-state index contributed by atoms with van der Waals surface area (Å²) < 4.78 is 1.22. The second-order valence-corrected chi connectivity index (χ2v) is 4.08. The van der Waals surface area contributed by atoms with Crippen LogP contribution in [-0.4, -0.2) is 26.9 Å². The summed E-state index contributed by atoms with van der Waals surface area (Å²) in [4.78, 5) is 22.9. The van der Waals surface area contributed by atoms with Crippen LogP contribution >= 0.6 is 0 Å². The molecule has 0 bridgehead atoms. The SMILES string of the molecule is O=C(O)[C@@H](O)[C@H](c1ccccc1)n1ccccc1=O. The maximum absolute atomic E-state index is 11.8. The highest BCUT2D eigenvalue weighted by Crippen LogP contribution is 2.20. The van der Waals surface area contributed by atoms with Crippen LogP contribution in [0, 0.1) is 0 Å². The summed E-state index contributed by atoms with van der Waals surface area (Å²) in [7, 11) is 0. The van der Waals surface area contributed by atoms with E-state index in [1.807, 2.05) is 0 Å². The summed E-state index contributed by atoms with van der Waals surface area (Å²) in [5, 5.41) is 18.9. The molecular formula is C14H13NO4. The topological polar surface area (TPSA) is 79.5 Å². The van der Waals surface area contributed by atoms with Crippen molar-refractivity contribution in [3.8, 4) is 0 Å². The Balaban J connectivity index is 2.56. The average Bonchev–Trinajstić information content (AvgIpc) is 2.42. The first-order valence-corrected chi connectivity index (χ1v) is 5.74. The van der Waals surface area contributed by atoms with Crippen LogP contribution < -0.4 is 5.56 Å². The van der Waals surface area contributed by atoms with Gasteiger partial charge >= 0.3 is 5.97 Å². The molecule has 2 aromatic rings. The Morgan fingerprint density at radius 1 is 1.05 bits per heavy atom. The lowest BCUT2D eigenvalue weighted by molar-refractivity contribution is -0.148. The van der Waals surface area contributed by atoms with E-state index in [9.17, 15) is 14.7 Å². The highest BCUT2D eigenvalue weighted by atomic mass is 16.4. The molecule has 0 aliphatic rings. The number of aliphatic carboxylic acids is 1. The Morgan fingerprint density at radius 2 is 1.68 bits per heavy atom. The minimum atomic E-state index is -1.69. The molecule has 19 heavy (non-hydrogen) atoms. The Kier molecular flexibility index (Phi) is 3.77. The molecule has 0 aliphatic heterocycles. The van der Waals surface area contributed by atoms with Crippen LogP contribution in [0.15, 0.2) is 59.5 Å². The van der Waals surface area contributed by atoms with E-state index in [1.54, 1.807) is 42.5 Å². The van der Waals surface area contributed by atoms with Crippen LogP contribution in [0.1, 0.15) is 11.6 Å². The van der Waals surface area contributed by atoms with Crippen molar-refractivity contribution in [2.75, 3.05) is 0 Å². The number of benzene rings is 1. The molecule has 1 heterocycles. The van der Waals surface area contributed by atoms with Crippen LogP contribution in [0.4, 0.5) is 0 Å². The van der Waals surface area contributed by atoms with Gasteiger partial charge in [0.25, 0.3) is 5.56 Å². The minimum Gasteiger partial charge on any atom is -0.479 e. The van der Waals surface area contributed by atoms with Crippen LogP contribution in [-0.2, 0) is 4.79 Å². The first-order valence-electron chi connectivity index (χ1n) is 5.74. The molecule has 0 radical (unpaired) electrons. The fraction of sp³-hybridized carbons (Fsp3) is 0.143. The first kappa shape index (κ1) is 13.0. The Morgan fingerprint density at radius 3 is 2.26 bits per heavy atom. The van der Waals surface area contributed by atoms with Gasteiger partial charge < -0.3 is 14.8 Å². The molecule has 5 heteroatoms. The molecule has 98 valence electrons. The highest BCUT2D eigenvalue weighted by molar-refractivity contribution is 5.73. The number of hydrogen-bond donors (Lipinski definition) is 2. The quantitative estimate of drug-likeness (QED) is 0.854. The zero-order chi connectivity index (χ0) is 13.8. The van der Waals surface area contributed by atoms with Gasteiger partial charge in [0.15, 0.2) is 6.10 Å². The zero-order valence-electron chi connectivity index (χ0n) is 10.0. The summed E-state index contributed by atoms with van der Waals surface area (Å²) in [6.07, 6.45) is -0.228. The van der Waals surface area contributed by atoms with E-state index in [0.29, 0.717) is 5.56 Å². The fourth-order valence-electron chi connectivity index (χ4n) is 1.95. The van der Waals surface area contributed by atoms with E-state index in [0.717, 1.165) is 0 Å². The van der Waals surface area contributed by atoms with E-state index in [4.69, 9.17) is 5.11 Å². The monoisotopic (exact) mass is 259 g/mol. The summed E-state index contributed by atoms with van der Waals surface area (Å²) in [6.45, 7) is 0. The Hall–Kier alpha value is -2.40. The third kappa shape index (κ3) is 2.71. The molecular weight excluding hydrogens is 246 g/mol. The second kappa shape index (κ2) is 5.49. The van der Waals surface area contributed by atoms with Crippen LogP contribution in [0.25, 0.3) is 0 Å². The molecule has 2 rings (SSSR count). The summed E-state index contributed by atoms with van der Waals surface area (Å²) in [5.74, 6) is -1.37. The van der Waals surface area contributed by atoms with Crippen molar-refractivity contribution in [2.24, 2.45) is 0 Å². The number of rotatable bonds is 4. The minimum absolute atomic E-state index is 0.364. The highest BCUT2D eigenvalue weighted by Gasteiger charge is 2.29. The van der Waals surface area contributed by atoms with Crippen LogP contribution in [0.5, 0.6) is 0 Å². The van der Waals surface area contributed by atoms with Gasteiger partial charge in [-0.25, -0.2) is 4.79 Å². The van der Waals surface area contributed by atoms with Crippen LogP contribution in [0.2, 0.25) is 0 Å². The number of hydrogen-bond acceptors (Lipinski definition) is 3. The zero-order valence-corrected chi connectivity index (χ0v) is 10.0. The molecule has 0 amide bonds. The number of nitrogens with zero attached hydrogens (tertiary/aromatic N) is 1. The molecule has 1 aromatic heterocycles. The van der Waals surface area contributed by atoms with Gasteiger partial charge in [0.05, 0.1) is 6.04 Å². The van der Waals surface area contributed by atoms with Crippen molar-refractivity contribution in [3.05, 3.63) is 70.6 Å². The lowest BCUT2D eigenvalue weighted by Crippen LogP contribution is -2.37. The number of carboxylic acid groups (broad SMARTS) is 1. The Bertz CT molecular complexity index is 621. The normalized spacial score (nSPS) is 13.7. The van der Waals surface area contributed by atoms with Gasteiger partial charge in [-0.1, -0.05) is 36.4 Å². The predicted molar refractivity (Wildman–Crippen MR) is 68.9 cm³/mol. The maximum Gasteiger partial charge on any atom is 0.335 e. The number of carbonyl (C=O) groups is 1. The first-order chi connectivity index (χ1) is 9.11. The van der Waals surface area contributed by atoms with Crippen molar-refractivity contribution < 1.29 is 15.0 Å². The van der Waals surface area contributed by atoms with E-state index in [2.05, 4.69) is 0 Å². The van der Waals surface area contributed by atoms with Gasteiger partial charge in [-0.3, -0.25) is 4.79 Å². The van der Waals surface area contributed by atoms with E-state index >= 15 is 0 Å². The summed E-state index contributed by atoms with van der Waals surface area (Å²) in [6, 6.07) is 12.1. The number of aliphatic hydroxyl groups is 1. The van der Waals surface area contributed by atoms with Gasteiger partial charge in [-0.2, -0.15) is 0 Å². The predicted octanol–water partition coefficient (Wildman–Crippen LogP) is 0.883. The lowest BCUT2D eigenvalue weighted by Gasteiger charge is -2.22. The lowest BCUT2D eigenvalue weighted by atomic mass is 10.0. The summed E-state index contributed by atoms with van der Waals surface area (Å²) in [5.41, 5.74) is 0.197. The van der Waals surface area contributed by atoms with Gasteiger partial charge in [0, 0.05) is 12.3 Å². The molecule has 0 spiro atoms. The molecule has 0 fully saturated rings. The molecule has 0 saturated carbocycles. The molecule has 2 atom stereocenters. The van der Waals surface area contributed by atoms with E-state index < -0.39 is 18.1 Å². The fourth-order valence-corrected chi connectivity index (χ4v) is 1.95. The van der Waals surface area contributed by atoms with Crippen molar-refractivity contribution >= 4 is 5.97 Å². The number of pyridine rings is 1. The molecule has 0 saturated heterocycles. The molecule has 2 N–H and O–H groups in total. The van der Waals surface area contributed by atoms with Crippen LogP contribution in [0.3, 0.4) is 0 Å². The van der Waals surface area contributed by atoms with E-state index in [-0.39, 0.29) is 5.56 Å². The summed E-state index contributed by atoms with van der Waals surface area (Å²) >= 11 is 0. The molecule has 0 aliphatic carbocycles. The molecule has 5 nitrogen and oxygen atoms in total. The van der Waals surface area contributed by atoms with Crippen molar-refractivity contribution in [1.82, 2.24) is 4.57 Å². The standard InChI is InChI=1S/C14H13NO4/c16-11-8-4-5-9-15(11)12(13(17)14(18)19)10-6-2-1-3-7-10/h1-9,12-13,17H,(H,18,19)/t12-,13-/m0/s1. The number of aliphatic hydroxyl groups excluding tert-OH is 1. The third-order valence-corrected chi connectivity index (χ3v) is 2.84. The smallest absolute Gasteiger partial charge is 0.335 e. The van der Waals surface area contributed by atoms with Crippen molar-refractivity contribution in [1.29, 1.82) is 0 Å². The number of aromatic nitrogens is 1. The largest absolute Gasteiger partial charge is 0.479 e.